The minimum atomic E-state index is 0.0554. The van der Waals surface area contributed by atoms with E-state index in [-0.39, 0.29) is 11.6 Å². The van der Waals surface area contributed by atoms with Gasteiger partial charge in [0.25, 0.3) is 0 Å². The third-order valence-corrected chi connectivity index (χ3v) is 2.79. The van der Waals surface area contributed by atoms with Crippen molar-refractivity contribution in [1.82, 2.24) is 19.5 Å². The number of hydrogen-bond donors (Lipinski definition) is 1. The van der Waals surface area contributed by atoms with Crippen LogP contribution >= 0.6 is 0 Å². The first kappa shape index (κ1) is 11.2. The topological polar surface area (TPSA) is 93.4 Å². The van der Waals surface area contributed by atoms with Gasteiger partial charge in [0.2, 0.25) is 5.82 Å². The van der Waals surface area contributed by atoms with Gasteiger partial charge in [-0.1, -0.05) is 30.3 Å². The molecule has 3 aromatic rings. The average Bonchev–Trinajstić information content (AvgIpc) is 2.83. The quantitative estimate of drug-likeness (QED) is 0.740. The molecule has 6 nitrogen and oxygen atoms in total. The SMILES string of the molecule is N#Cc1nc(N)c2ncn(Cc3ccccc3)c2n1. The summed E-state index contributed by atoms with van der Waals surface area (Å²) < 4.78 is 1.85. The molecule has 1 aromatic carbocycles. The van der Waals surface area contributed by atoms with Crippen LogP contribution in [0.25, 0.3) is 11.2 Å². The number of rotatable bonds is 2. The van der Waals surface area contributed by atoms with Gasteiger partial charge in [0.1, 0.15) is 11.6 Å². The number of nitrogens with two attached hydrogens (primary N) is 1. The van der Waals surface area contributed by atoms with Crippen LogP contribution in [0.3, 0.4) is 0 Å². The Labute approximate surface area is 109 Å². The predicted octanol–water partition coefficient (Wildman–Crippen LogP) is 1.33. The lowest BCUT2D eigenvalue weighted by molar-refractivity contribution is 0.812. The summed E-state index contributed by atoms with van der Waals surface area (Å²) in [5, 5.41) is 8.88. The zero-order valence-electron chi connectivity index (χ0n) is 9.98. The molecule has 0 fully saturated rings. The van der Waals surface area contributed by atoms with E-state index in [0.29, 0.717) is 17.7 Å². The lowest BCUT2D eigenvalue weighted by Crippen LogP contribution is -2.03. The summed E-state index contributed by atoms with van der Waals surface area (Å²) in [6.07, 6.45) is 1.66. The molecule has 19 heavy (non-hydrogen) atoms. The molecule has 0 bridgehead atoms. The monoisotopic (exact) mass is 250 g/mol. The van der Waals surface area contributed by atoms with Gasteiger partial charge in [0, 0.05) is 0 Å². The maximum atomic E-state index is 8.88. The van der Waals surface area contributed by atoms with Gasteiger partial charge in [0.05, 0.1) is 12.9 Å². The normalized spacial score (nSPS) is 10.5. The molecule has 0 unspecified atom stereocenters. The van der Waals surface area contributed by atoms with E-state index in [1.165, 1.54) is 0 Å². The van der Waals surface area contributed by atoms with Crippen molar-refractivity contribution in [3.63, 3.8) is 0 Å². The molecule has 2 heterocycles. The molecule has 2 N–H and O–H groups in total. The number of aromatic nitrogens is 4. The first-order chi connectivity index (χ1) is 9.28. The molecule has 92 valence electrons. The molecule has 0 aliphatic heterocycles. The Hall–Kier alpha value is -2.94. The lowest BCUT2D eigenvalue weighted by Gasteiger charge is -2.04. The third-order valence-electron chi connectivity index (χ3n) is 2.79. The second-order valence-electron chi connectivity index (χ2n) is 4.07. The van der Waals surface area contributed by atoms with Crippen LogP contribution in [0.4, 0.5) is 5.82 Å². The number of imidazole rings is 1. The molecule has 6 heteroatoms. The molecule has 0 amide bonds. The summed E-state index contributed by atoms with van der Waals surface area (Å²) in [5.74, 6) is 0.285. The molecule has 0 atom stereocenters. The van der Waals surface area contributed by atoms with Crippen LogP contribution in [-0.2, 0) is 6.54 Å². The number of nitrogen functional groups attached to an aromatic ring is 1. The Morgan fingerprint density at radius 1 is 1.21 bits per heavy atom. The average molecular weight is 250 g/mol. The van der Waals surface area contributed by atoms with Crippen LogP contribution in [0, 0.1) is 11.3 Å². The summed E-state index contributed by atoms with van der Waals surface area (Å²) >= 11 is 0. The standard InChI is InChI=1S/C13H10N6/c14-6-10-17-12(15)11-13(18-10)19(8-16-11)7-9-4-2-1-3-5-9/h1-5,8H,7H2,(H2,15,17,18). The minimum absolute atomic E-state index is 0.0554. The Morgan fingerprint density at radius 3 is 2.74 bits per heavy atom. The van der Waals surface area contributed by atoms with Crippen molar-refractivity contribution < 1.29 is 0 Å². The number of fused-ring (bicyclic) bond motifs is 1. The lowest BCUT2D eigenvalue weighted by atomic mass is 10.2. The first-order valence-electron chi connectivity index (χ1n) is 5.70. The van der Waals surface area contributed by atoms with Gasteiger partial charge in [-0.3, -0.25) is 0 Å². The van der Waals surface area contributed by atoms with Crippen molar-refractivity contribution in [2.45, 2.75) is 6.54 Å². The summed E-state index contributed by atoms with van der Waals surface area (Å²) in [5.41, 5.74) is 7.98. The highest BCUT2D eigenvalue weighted by Gasteiger charge is 2.11. The van der Waals surface area contributed by atoms with Gasteiger partial charge in [0.15, 0.2) is 11.5 Å². The number of hydrogen-bond acceptors (Lipinski definition) is 5. The number of anilines is 1. The highest BCUT2D eigenvalue weighted by atomic mass is 15.1. The zero-order chi connectivity index (χ0) is 13.2. The van der Waals surface area contributed by atoms with Gasteiger partial charge in [-0.15, -0.1) is 0 Å². The van der Waals surface area contributed by atoms with Gasteiger partial charge in [-0.2, -0.15) is 15.2 Å². The van der Waals surface area contributed by atoms with Crippen molar-refractivity contribution in [2.24, 2.45) is 0 Å². The third kappa shape index (κ3) is 1.98. The van der Waals surface area contributed by atoms with Crippen molar-refractivity contribution in [1.29, 1.82) is 5.26 Å². The van der Waals surface area contributed by atoms with E-state index in [2.05, 4.69) is 15.0 Å². The van der Waals surface area contributed by atoms with Gasteiger partial charge in [-0.25, -0.2) is 4.98 Å². The molecule has 2 aromatic heterocycles. The molecule has 0 saturated heterocycles. The summed E-state index contributed by atoms with van der Waals surface area (Å²) in [4.78, 5) is 12.2. The van der Waals surface area contributed by atoms with E-state index >= 15 is 0 Å². The molecule has 0 spiro atoms. The van der Waals surface area contributed by atoms with E-state index in [4.69, 9.17) is 11.0 Å². The van der Waals surface area contributed by atoms with Crippen molar-refractivity contribution >= 4 is 17.0 Å². The van der Waals surface area contributed by atoms with E-state index in [1.807, 2.05) is 41.0 Å². The smallest absolute Gasteiger partial charge is 0.236 e. The Balaban J connectivity index is 2.10. The molecular weight excluding hydrogens is 240 g/mol. The fraction of sp³-hybridized carbons (Fsp3) is 0.0769. The first-order valence-corrected chi connectivity index (χ1v) is 5.70. The zero-order valence-corrected chi connectivity index (χ0v) is 9.98. The van der Waals surface area contributed by atoms with E-state index < -0.39 is 0 Å². The molecule has 0 aliphatic rings. The summed E-state index contributed by atoms with van der Waals surface area (Å²) in [7, 11) is 0. The highest BCUT2D eigenvalue weighted by Crippen LogP contribution is 2.17. The maximum absolute atomic E-state index is 8.88. The molecule has 0 aliphatic carbocycles. The molecule has 0 saturated carbocycles. The molecular formula is C13H10N6. The van der Waals surface area contributed by atoms with E-state index in [0.717, 1.165) is 5.56 Å². The fourth-order valence-electron chi connectivity index (χ4n) is 1.91. The predicted molar refractivity (Wildman–Crippen MR) is 70.0 cm³/mol. The Kier molecular flexibility index (Phi) is 2.58. The fourth-order valence-corrected chi connectivity index (χ4v) is 1.91. The minimum Gasteiger partial charge on any atom is -0.382 e. The van der Waals surface area contributed by atoms with E-state index in [1.54, 1.807) is 6.33 Å². The highest BCUT2D eigenvalue weighted by molar-refractivity contribution is 5.81. The van der Waals surface area contributed by atoms with Crippen LogP contribution < -0.4 is 5.73 Å². The summed E-state index contributed by atoms with van der Waals surface area (Å²) in [6.45, 7) is 0.624. The van der Waals surface area contributed by atoms with Crippen LogP contribution in [0.1, 0.15) is 11.4 Å². The van der Waals surface area contributed by atoms with Crippen LogP contribution in [0.5, 0.6) is 0 Å². The van der Waals surface area contributed by atoms with Gasteiger partial charge >= 0.3 is 0 Å². The van der Waals surface area contributed by atoms with E-state index in [9.17, 15) is 0 Å². The van der Waals surface area contributed by atoms with Crippen molar-refractivity contribution in [3.05, 3.63) is 48.0 Å². The van der Waals surface area contributed by atoms with Gasteiger partial charge in [-0.05, 0) is 5.56 Å². The van der Waals surface area contributed by atoms with Crippen molar-refractivity contribution in [3.8, 4) is 6.07 Å². The molecule has 0 radical (unpaired) electrons. The summed E-state index contributed by atoms with van der Waals surface area (Å²) in [6, 6.07) is 11.8. The van der Waals surface area contributed by atoms with Crippen LogP contribution in [-0.4, -0.2) is 19.5 Å². The second-order valence-corrected chi connectivity index (χ2v) is 4.07. The number of nitrogens with zero attached hydrogens (tertiary/aromatic N) is 5. The second kappa shape index (κ2) is 4.38. The number of benzene rings is 1. The largest absolute Gasteiger partial charge is 0.382 e. The maximum Gasteiger partial charge on any atom is 0.236 e. The number of nitriles is 1. The van der Waals surface area contributed by atoms with Crippen molar-refractivity contribution in [2.75, 3.05) is 5.73 Å². The van der Waals surface area contributed by atoms with Crippen LogP contribution in [0.2, 0.25) is 0 Å². The van der Waals surface area contributed by atoms with Crippen LogP contribution in [0.15, 0.2) is 36.7 Å². The Bertz CT molecular complexity index is 769. The van der Waals surface area contributed by atoms with Gasteiger partial charge < -0.3 is 10.3 Å². The Morgan fingerprint density at radius 2 is 2.00 bits per heavy atom. The molecule has 3 rings (SSSR count).